The number of para-hydroxylation sites is 1. The average Bonchev–Trinajstić information content (AvgIpc) is 2.63. The Morgan fingerprint density at radius 1 is 1.04 bits per heavy atom. The normalized spacial score (nSPS) is 9.88. The summed E-state index contributed by atoms with van der Waals surface area (Å²) in [5.74, 6) is 0. The lowest BCUT2D eigenvalue weighted by Crippen LogP contribution is -2.20. The lowest BCUT2D eigenvalue weighted by molar-refractivity contribution is 0.160. The van der Waals surface area contributed by atoms with Gasteiger partial charge in [0.15, 0.2) is 0 Å². The first-order valence-electron chi connectivity index (χ1n) is 8.45. The average molecular weight is 353 g/mol. The highest BCUT2D eigenvalue weighted by Crippen LogP contribution is 2.22. The number of anilines is 3. The van der Waals surface area contributed by atoms with Gasteiger partial charge in [-0.1, -0.05) is 50.3 Å². The van der Waals surface area contributed by atoms with Crippen molar-refractivity contribution in [1.29, 1.82) is 0 Å². The van der Waals surface area contributed by atoms with Crippen molar-refractivity contribution in [2.75, 3.05) is 22.6 Å². The van der Waals surface area contributed by atoms with Crippen molar-refractivity contribution in [3.05, 3.63) is 60.7 Å². The first-order chi connectivity index (χ1) is 12.6. The van der Waals surface area contributed by atoms with E-state index in [2.05, 4.69) is 22.5 Å². The van der Waals surface area contributed by atoms with Crippen LogP contribution in [0.4, 0.5) is 26.7 Å². The van der Waals surface area contributed by atoms with Gasteiger partial charge in [0.2, 0.25) is 0 Å². The zero-order chi connectivity index (χ0) is 18.8. The van der Waals surface area contributed by atoms with E-state index in [4.69, 9.17) is 4.74 Å². The molecule has 0 aromatic heterocycles. The van der Waals surface area contributed by atoms with Crippen LogP contribution in [-0.2, 0) is 4.74 Å². The fourth-order valence-corrected chi connectivity index (χ4v) is 2.19. The molecule has 0 aliphatic heterocycles. The molecular formula is C20H23N3O3. The fourth-order valence-electron chi connectivity index (χ4n) is 2.19. The van der Waals surface area contributed by atoms with Gasteiger partial charge in [-0.15, -0.1) is 0 Å². The highest BCUT2D eigenvalue weighted by Gasteiger charge is 2.09. The molecular weight excluding hydrogens is 330 g/mol. The van der Waals surface area contributed by atoms with Gasteiger partial charge in [0.05, 0.1) is 12.3 Å². The van der Waals surface area contributed by atoms with Crippen LogP contribution in [0.25, 0.3) is 6.08 Å². The minimum atomic E-state index is -0.535. The van der Waals surface area contributed by atoms with Crippen molar-refractivity contribution in [3.63, 3.8) is 0 Å². The van der Waals surface area contributed by atoms with E-state index in [1.807, 2.05) is 25.1 Å². The quantitative estimate of drug-likeness (QED) is 0.589. The smallest absolute Gasteiger partial charge is 0.411 e. The maximum absolute atomic E-state index is 12.1. The van der Waals surface area contributed by atoms with Gasteiger partial charge in [-0.25, -0.2) is 9.59 Å². The van der Waals surface area contributed by atoms with E-state index in [0.717, 1.165) is 18.4 Å². The fraction of sp³-hybridized carbons (Fsp3) is 0.200. The summed E-state index contributed by atoms with van der Waals surface area (Å²) in [5.41, 5.74) is 2.46. The predicted molar refractivity (Wildman–Crippen MR) is 105 cm³/mol. The van der Waals surface area contributed by atoms with E-state index in [-0.39, 0.29) is 6.03 Å². The Balaban J connectivity index is 2.02. The Morgan fingerprint density at radius 2 is 1.77 bits per heavy atom. The molecule has 0 spiro atoms. The van der Waals surface area contributed by atoms with E-state index in [1.165, 1.54) is 0 Å². The molecule has 0 saturated carbocycles. The summed E-state index contributed by atoms with van der Waals surface area (Å²) < 4.78 is 5.10. The third-order valence-electron chi connectivity index (χ3n) is 3.53. The van der Waals surface area contributed by atoms with Crippen LogP contribution in [0, 0.1) is 0 Å². The summed E-state index contributed by atoms with van der Waals surface area (Å²) in [6.07, 6.45) is 2.84. The van der Waals surface area contributed by atoms with E-state index in [0.29, 0.717) is 23.7 Å². The maximum Gasteiger partial charge on any atom is 0.411 e. The number of hydrogen-bond donors (Lipinski definition) is 3. The monoisotopic (exact) mass is 353 g/mol. The summed E-state index contributed by atoms with van der Waals surface area (Å²) >= 11 is 0. The molecule has 0 saturated heterocycles. The minimum Gasteiger partial charge on any atom is -0.449 e. The van der Waals surface area contributed by atoms with Crippen molar-refractivity contribution in [2.24, 2.45) is 0 Å². The van der Waals surface area contributed by atoms with Crippen LogP contribution in [-0.4, -0.2) is 18.7 Å². The van der Waals surface area contributed by atoms with Gasteiger partial charge in [0.25, 0.3) is 0 Å². The van der Waals surface area contributed by atoms with Crippen molar-refractivity contribution in [1.82, 2.24) is 0 Å². The summed E-state index contributed by atoms with van der Waals surface area (Å²) in [6, 6.07) is 13.9. The molecule has 0 bridgehead atoms. The van der Waals surface area contributed by atoms with E-state index in [9.17, 15) is 9.59 Å². The number of rotatable bonds is 7. The largest absolute Gasteiger partial charge is 0.449 e. The third-order valence-corrected chi connectivity index (χ3v) is 3.53. The summed E-state index contributed by atoms with van der Waals surface area (Å²) in [7, 11) is 0. The van der Waals surface area contributed by atoms with Gasteiger partial charge in [-0.3, -0.25) is 5.32 Å². The standard InChI is InChI=1S/C20H23N3O3/c1-3-5-13-26-20(25)23-18-14-17(12-11-15(18)4-2)22-19(24)21-16-9-7-6-8-10-16/h4,6-12,14H,2-3,5,13H2,1H3,(H,23,25)(H2,21,22,24). The van der Waals surface area contributed by atoms with Crippen LogP contribution in [0.5, 0.6) is 0 Å². The molecule has 3 N–H and O–H groups in total. The molecule has 136 valence electrons. The van der Waals surface area contributed by atoms with Gasteiger partial charge < -0.3 is 15.4 Å². The number of ether oxygens (including phenoxy) is 1. The number of amides is 3. The number of carbonyl (C=O) groups is 2. The minimum absolute atomic E-state index is 0.364. The van der Waals surface area contributed by atoms with Crippen molar-refractivity contribution < 1.29 is 14.3 Å². The van der Waals surface area contributed by atoms with Crippen LogP contribution in [0.2, 0.25) is 0 Å². The molecule has 3 amide bonds. The predicted octanol–water partition coefficient (Wildman–Crippen LogP) is 5.32. The number of benzene rings is 2. The first-order valence-corrected chi connectivity index (χ1v) is 8.45. The van der Waals surface area contributed by atoms with Gasteiger partial charge in [0.1, 0.15) is 0 Å². The van der Waals surface area contributed by atoms with Crippen molar-refractivity contribution in [2.45, 2.75) is 19.8 Å². The Labute approximate surface area is 153 Å². The van der Waals surface area contributed by atoms with E-state index in [1.54, 1.807) is 36.4 Å². The first kappa shape index (κ1) is 19.1. The molecule has 0 aliphatic carbocycles. The molecule has 0 atom stereocenters. The Morgan fingerprint density at radius 3 is 2.46 bits per heavy atom. The van der Waals surface area contributed by atoms with Crippen LogP contribution in [0.15, 0.2) is 55.1 Å². The van der Waals surface area contributed by atoms with Crippen LogP contribution in [0.1, 0.15) is 25.3 Å². The van der Waals surface area contributed by atoms with Gasteiger partial charge in [0, 0.05) is 11.4 Å². The number of hydrogen-bond acceptors (Lipinski definition) is 3. The molecule has 0 heterocycles. The number of urea groups is 1. The molecule has 2 aromatic rings. The molecule has 0 aliphatic rings. The van der Waals surface area contributed by atoms with Crippen LogP contribution < -0.4 is 16.0 Å². The molecule has 2 rings (SSSR count). The molecule has 2 aromatic carbocycles. The number of carbonyl (C=O) groups excluding carboxylic acids is 2. The van der Waals surface area contributed by atoms with Gasteiger partial charge >= 0.3 is 12.1 Å². The van der Waals surface area contributed by atoms with Crippen LogP contribution >= 0.6 is 0 Å². The Bertz CT molecular complexity index is 760. The summed E-state index contributed by atoms with van der Waals surface area (Å²) in [6.45, 7) is 6.11. The van der Waals surface area contributed by atoms with E-state index < -0.39 is 6.09 Å². The lowest BCUT2D eigenvalue weighted by atomic mass is 10.1. The zero-order valence-corrected chi connectivity index (χ0v) is 14.7. The number of nitrogens with one attached hydrogen (secondary N) is 3. The zero-order valence-electron chi connectivity index (χ0n) is 14.7. The van der Waals surface area contributed by atoms with Crippen LogP contribution in [0.3, 0.4) is 0 Å². The highest BCUT2D eigenvalue weighted by atomic mass is 16.5. The molecule has 6 nitrogen and oxygen atoms in total. The highest BCUT2D eigenvalue weighted by molar-refractivity contribution is 6.00. The number of unbranched alkanes of at least 4 members (excludes halogenated alkanes) is 1. The topological polar surface area (TPSA) is 79.5 Å². The van der Waals surface area contributed by atoms with Crippen molar-refractivity contribution >= 4 is 35.3 Å². The van der Waals surface area contributed by atoms with Gasteiger partial charge in [-0.2, -0.15) is 0 Å². The second-order valence-corrected chi connectivity index (χ2v) is 5.57. The SMILES string of the molecule is C=Cc1ccc(NC(=O)Nc2ccccc2)cc1NC(=O)OCCCC. The van der Waals surface area contributed by atoms with Gasteiger partial charge in [-0.05, 0) is 36.2 Å². The van der Waals surface area contributed by atoms with E-state index >= 15 is 0 Å². The van der Waals surface area contributed by atoms with Crippen molar-refractivity contribution in [3.8, 4) is 0 Å². The summed E-state index contributed by atoms with van der Waals surface area (Å²) in [5, 5.41) is 8.14. The Hall–Kier alpha value is -3.28. The molecule has 6 heteroatoms. The Kier molecular flexibility index (Phi) is 7.24. The molecule has 0 fully saturated rings. The molecule has 0 radical (unpaired) electrons. The second kappa shape index (κ2) is 9.88. The summed E-state index contributed by atoms with van der Waals surface area (Å²) in [4.78, 5) is 24.0. The lowest BCUT2D eigenvalue weighted by Gasteiger charge is -2.12. The second-order valence-electron chi connectivity index (χ2n) is 5.57. The molecule has 0 unspecified atom stereocenters. The maximum atomic E-state index is 12.1. The third kappa shape index (κ3) is 5.98. The molecule has 26 heavy (non-hydrogen) atoms.